The standard InChI is InChI=1S/C25H30FN3O4S/c1-18-10-14-29(15-11-18)34(32,33)23-8-6-22(7-9-23)27-25(31)20-16-24(30)28(17-20)13-12-19-2-4-21(26)5-3-19/h2-9,18,20H,10-17H2,1H3,(H,27,31)/t20-/m1/s1. The Hall–Kier alpha value is -2.78. The number of benzene rings is 2. The normalized spacial score (nSPS) is 20.0. The Kier molecular flexibility index (Phi) is 7.33. The predicted molar refractivity (Wildman–Crippen MR) is 127 cm³/mol. The molecule has 2 heterocycles. The molecule has 0 aromatic heterocycles. The molecule has 0 aliphatic carbocycles. The van der Waals surface area contributed by atoms with E-state index in [0.29, 0.717) is 44.2 Å². The molecule has 0 radical (unpaired) electrons. The first-order valence-corrected chi connectivity index (χ1v) is 13.1. The minimum atomic E-state index is -3.54. The molecular formula is C25H30FN3O4S. The number of carbonyl (C=O) groups is 2. The van der Waals surface area contributed by atoms with Crippen LogP contribution in [0.5, 0.6) is 0 Å². The Balaban J connectivity index is 1.31. The number of hydrogen-bond donors (Lipinski definition) is 1. The first kappa shape index (κ1) is 24.3. The quantitative estimate of drug-likeness (QED) is 0.650. The number of hydrogen-bond acceptors (Lipinski definition) is 4. The van der Waals surface area contributed by atoms with Gasteiger partial charge in [0.25, 0.3) is 0 Å². The van der Waals surface area contributed by atoms with Gasteiger partial charge < -0.3 is 10.2 Å². The van der Waals surface area contributed by atoms with Crippen LogP contribution in [0.15, 0.2) is 53.4 Å². The van der Waals surface area contributed by atoms with Gasteiger partial charge in [-0.05, 0) is 67.1 Å². The summed E-state index contributed by atoms with van der Waals surface area (Å²) in [6, 6.07) is 12.4. The highest BCUT2D eigenvalue weighted by atomic mass is 32.2. The molecule has 0 unspecified atom stereocenters. The molecule has 9 heteroatoms. The van der Waals surface area contributed by atoms with Gasteiger partial charge in [0.15, 0.2) is 0 Å². The number of sulfonamides is 1. The van der Waals surface area contributed by atoms with E-state index < -0.39 is 15.9 Å². The lowest BCUT2D eigenvalue weighted by Crippen LogP contribution is -2.37. The van der Waals surface area contributed by atoms with Crippen LogP contribution in [0.4, 0.5) is 10.1 Å². The van der Waals surface area contributed by atoms with Crippen LogP contribution in [0.25, 0.3) is 0 Å². The van der Waals surface area contributed by atoms with Crippen molar-refractivity contribution in [2.75, 3.05) is 31.5 Å². The van der Waals surface area contributed by atoms with Crippen LogP contribution in [-0.4, -0.2) is 55.6 Å². The summed E-state index contributed by atoms with van der Waals surface area (Å²) in [7, 11) is -3.54. The molecule has 4 rings (SSSR count). The number of likely N-dealkylation sites (tertiary alicyclic amines) is 1. The first-order valence-electron chi connectivity index (χ1n) is 11.7. The van der Waals surface area contributed by atoms with Crippen LogP contribution in [0.3, 0.4) is 0 Å². The fourth-order valence-electron chi connectivity index (χ4n) is 4.41. The van der Waals surface area contributed by atoms with E-state index in [1.54, 1.807) is 29.2 Å². The van der Waals surface area contributed by atoms with Crippen molar-refractivity contribution in [1.29, 1.82) is 0 Å². The number of nitrogens with one attached hydrogen (secondary N) is 1. The highest BCUT2D eigenvalue weighted by Gasteiger charge is 2.34. The molecule has 2 aromatic carbocycles. The third-order valence-corrected chi connectivity index (χ3v) is 8.58. The summed E-state index contributed by atoms with van der Waals surface area (Å²) in [5.41, 5.74) is 1.42. The molecule has 1 atom stereocenters. The smallest absolute Gasteiger partial charge is 0.243 e. The predicted octanol–water partition coefficient (Wildman–Crippen LogP) is 3.28. The van der Waals surface area contributed by atoms with Crippen LogP contribution in [0.2, 0.25) is 0 Å². The monoisotopic (exact) mass is 487 g/mol. The topological polar surface area (TPSA) is 86.8 Å². The molecule has 2 aliphatic rings. The summed E-state index contributed by atoms with van der Waals surface area (Å²) in [5, 5.41) is 2.80. The fourth-order valence-corrected chi connectivity index (χ4v) is 5.88. The Morgan fingerprint density at radius 2 is 1.71 bits per heavy atom. The van der Waals surface area contributed by atoms with E-state index >= 15 is 0 Å². The van der Waals surface area contributed by atoms with Crippen molar-refractivity contribution in [3.05, 3.63) is 59.9 Å². The van der Waals surface area contributed by atoms with E-state index in [0.717, 1.165) is 18.4 Å². The van der Waals surface area contributed by atoms with Crippen molar-refractivity contribution in [2.24, 2.45) is 11.8 Å². The van der Waals surface area contributed by atoms with Crippen LogP contribution >= 0.6 is 0 Å². The van der Waals surface area contributed by atoms with E-state index in [2.05, 4.69) is 12.2 Å². The van der Waals surface area contributed by atoms with Gasteiger partial charge in [0.05, 0.1) is 10.8 Å². The molecule has 2 aromatic rings. The van der Waals surface area contributed by atoms with E-state index in [4.69, 9.17) is 0 Å². The molecule has 0 saturated carbocycles. The summed E-state index contributed by atoms with van der Waals surface area (Å²) in [4.78, 5) is 26.9. The maximum absolute atomic E-state index is 13.0. The number of rotatable bonds is 7. The number of halogens is 1. The Morgan fingerprint density at radius 3 is 2.35 bits per heavy atom. The largest absolute Gasteiger partial charge is 0.342 e. The lowest BCUT2D eigenvalue weighted by Gasteiger charge is -2.29. The zero-order valence-corrected chi connectivity index (χ0v) is 20.1. The van der Waals surface area contributed by atoms with Gasteiger partial charge in [0, 0.05) is 38.3 Å². The van der Waals surface area contributed by atoms with E-state index in [1.807, 2.05) is 0 Å². The molecule has 1 N–H and O–H groups in total. The van der Waals surface area contributed by atoms with Gasteiger partial charge in [-0.25, -0.2) is 12.8 Å². The second-order valence-electron chi connectivity index (χ2n) is 9.22. The average molecular weight is 488 g/mol. The van der Waals surface area contributed by atoms with E-state index in [1.165, 1.54) is 28.6 Å². The number of amides is 2. The summed E-state index contributed by atoms with van der Waals surface area (Å²) in [5.74, 6) is -0.591. The van der Waals surface area contributed by atoms with Crippen molar-refractivity contribution >= 4 is 27.5 Å². The third-order valence-electron chi connectivity index (χ3n) is 6.67. The van der Waals surface area contributed by atoms with Gasteiger partial charge in [-0.3, -0.25) is 9.59 Å². The third kappa shape index (κ3) is 5.64. The van der Waals surface area contributed by atoms with Gasteiger partial charge in [0.2, 0.25) is 21.8 Å². The van der Waals surface area contributed by atoms with E-state index in [-0.39, 0.29) is 28.9 Å². The molecule has 7 nitrogen and oxygen atoms in total. The van der Waals surface area contributed by atoms with Gasteiger partial charge in [0.1, 0.15) is 5.82 Å². The Morgan fingerprint density at radius 1 is 1.06 bits per heavy atom. The minimum Gasteiger partial charge on any atom is -0.342 e. The summed E-state index contributed by atoms with van der Waals surface area (Å²) < 4.78 is 40.3. The molecule has 182 valence electrons. The second kappa shape index (κ2) is 10.2. The number of nitrogens with zero attached hydrogens (tertiary/aromatic N) is 2. The van der Waals surface area contributed by atoms with Gasteiger partial charge in [-0.1, -0.05) is 19.1 Å². The van der Waals surface area contributed by atoms with Crippen LogP contribution in [0.1, 0.15) is 31.7 Å². The number of carbonyl (C=O) groups excluding carboxylic acids is 2. The lowest BCUT2D eigenvalue weighted by atomic mass is 10.0. The molecular weight excluding hydrogens is 457 g/mol. The highest BCUT2D eigenvalue weighted by Crippen LogP contribution is 2.25. The minimum absolute atomic E-state index is 0.0837. The molecule has 0 spiro atoms. The highest BCUT2D eigenvalue weighted by molar-refractivity contribution is 7.89. The SMILES string of the molecule is CC1CCN(S(=O)(=O)c2ccc(NC(=O)[C@@H]3CC(=O)N(CCc4ccc(F)cc4)C3)cc2)CC1. The molecule has 0 bridgehead atoms. The van der Waals surface area contributed by atoms with Gasteiger partial charge in [-0.2, -0.15) is 4.31 Å². The van der Waals surface area contributed by atoms with Crippen LogP contribution < -0.4 is 5.32 Å². The first-order chi connectivity index (χ1) is 16.2. The van der Waals surface area contributed by atoms with Gasteiger partial charge in [-0.15, -0.1) is 0 Å². The second-order valence-corrected chi connectivity index (χ2v) is 11.2. The molecule has 2 aliphatic heterocycles. The van der Waals surface area contributed by atoms with Crippen molar-refractivity contribution in [3.63, 3.8) is 0 Å². The van der Waals surface area contributed by atoms with Gasteiger partial charge >= 0.3 is 0 Å². The van der Waals surface area contributed by atoms with Crippen molar-refractivity contribution in [1.82, 2.24) is 9.21 Å². The van der Waals surface area contributed by atoms with Crippen molar-refractivity contribution < 1.29 is 22.4 Å². The average Bonchev–Trinajstić information content (AvgIpc) is 3.20. The lowest BCUT2D eigenvalue weighted by molar-refractivity contribution is -0.128. The summed E-state index contributed by atoms with van der Waals surface area (Å²) in [6.45, 7) is 3.97. The number of piperidine rings is 1. The van der Waals surface area contributed by atoms with Crippen molar-refractivity contribution in [2.45, 2.75) is 37.5 Å². The van der Waals surface area contributed by atoms with Crippen LogP contribution in [0, 0.1) is 17.7 Å². The molecule has 34 heavy (non-hydrogen) atoms. The van der Waals surface area contributed by atoms with E-state index in [9.17, 15) is 22.4 Å². The maximum Gasteiger partial charge on any atom is 0.243 e. The summed E-state index contributed by atoms with van der Waals surface area (Å²) >= 11 is 0. The summed E-state index contributed by atoms with van der Waals surface area (Å²) in [6.07, 6.45) is 2.43. The fraction of sp³-hybridized carbons (Fsp3) is 0.440. The Bertz CT molecular complexity index is 1130. The van der Waals surface area contributed by atoms with Crippen LogP contribution in [-0.2, 0) is 26.0 Å². The zero-order chi connectivity index (χ0) is 24.3. The number of anilines is 1. The maximum atomic E-state index is 13.0. The molecule has 2 fully saturated rings. The molecule has 2 amide bonds. The zero-order valence-electron chi connectivity index (χ0n) is 19.2. The Labute approximate surface area is 200 Å². The van der Waals surface area contributed by atoms with Crippen molar-refractivity contribution in [3.8, 4) is 0 Å². The molecule has 2 saturated heterocycles.